The van der Waals surface area contributed by atoms with E-state index in [4.69, 9.17) is 17.3 Å². The van der Waals surface area contributed by atoms with E-state index in [2.05, 4.69) is 19.2 Å². The lowest BCUT2D eigenvalue weighted by Crippen LogP contribution is -2.37. The van der Waals surface area contributed by atoms with Gasteiger partial charge in [-0.2, -0.15) is 0 Å². The molecule has 0 spiro atoms. The second kappa shape index (κ2) is 8.50. The van der Waals surface area contributed by atoms with Crippen LogP contribution in [0.25, 0.3) is 0 Å². The summed E-state index contributed by atoms with van der Waals surface area (Å²) in [7, 11) is 0. The summed E-state index contributed by atoms with van der Waals surface area (Å²) in [5, 5.41) is 3.68. The first-order valence-corrected chi connectivity index (χ1v) is 6.98. The van der Waals surface area contributed by atoms with Gasteiger partial charge in [-0.25, -0.2) is 0 Å². The van der Waals surface area contributed by atoms with Gasteiger partial charge in [0.1, 0.15) is 0 Å². The van der Waals surface area contributed by atoms with Crippen molar-refractivity contribution in [3.63, 3.8) is 0 Å². The number of hydrogen-bond acceptors (Lipinski definition) is 2. The first-order chi connectivity index (χ1) is 8.83. The quantitative estimate of drug-likeness (QED) is 0.845. The second-order valence-corrected chi connectivity index (χ2v) is 6.06. The number of carbonyl (C=O) groups excluding carboxylic acids is 1. The number of carbonyl (C=O) groups is 1. The van der Waals surface area contributed by atoms with Crippen LogP contribution in [0.3, 0.4) is 0 Å². The van der Waals surface area contributed by atoms with E-state index >= 15 is 0 Å². The van der Waals surface area contributed by atoms with Gasteiger partial charge in [-0.1, -0.05) is 43.6 Å². The molecule has 20 heavy (non-hydrogen) atoms. The van der Waals surface area contributed by atoms with E-state index < -0.39 is 0 Å². The Balaban J connectivity index is 0.00000361. The highest BCUT2D eigenvalue weighted by atomic mass is 35.5. The van der Waals surface area contributed by atoms with Crippen molar-refractivity contribution in [1.29, 1.82) is 0 Å². The molecule has 1 unspecified atom stereocenters. The minimum absolute atomic E-state index is 0. The fourth-order valence-corrected chi connectivity index (χ4v) is 2.26. The minimum atomic E-state index is -0.192. The summed E-state index contributed by atoms with van der Waals surface area (Å²) in [5.41, 5.74) is 6.49. The summed E-state index contributed by atoms with van der Waals surface area (Å²) in [6, 6.07) is 7.79. The SMILES string of the molecule is CC(N)CCC(=O)NCC(C)(C)c1ccccc1Cl.Cl. The summed E-state index contributed by atoms with van der Waals surface area (Å²) in [6.07, 6.45) is 1.18. The molecule has 0 saturated carbocycles. The van der Waals surface area contributed by atoms with Crippen LogP contribution in [-0.2, 0) is 10.2 Å². The molecular formula is C15H24Cl2N2O. The molecule has 1 rings (SSSR count). The summed E-state index contributed by atoms with van der Waals surface area (Å²) in [4.78, 5) is 11.7. The topological polar surface area (TPSA) is 55.1 Å². The van der Waals surface area contributed by atoms with Crippen molar-refractivity contribution in [2.24, 2.45) is 5.73 Å². The first kappa shape index (κ1) is 19.2. The standard InChI is InChI=1S/C15H23ClN2O.ClH/c1-11(17)8-9-14(19)18-10-15(2,3)12-6-4-5-7-13(12)16;/h4-7,11H,8-10,17H2,1-3H3,(H,18,19);1H. The monoisotopic (exact) mass is 318 g/mol. The van der Waals surface area contributed by atoms with Crippen LogP contribution in [0.4, 0.5) is 0 Å². The van der Waals surface area contributed by atoms with Crippen molar-refractivity contribution in [2.75, 3.05) is 6.54 Å². The van der Waals surface area contributed by atoms with Crippen LogP contribution in [0.15, 0.2) is 24.3 Å². The number of rotatable bonds is 6. The molecular weight excluding hydrogens is 295 g/mol. The summed E-state index contributed by atoms with van der Waals surface area (Å²) in [6.45, 7) is 6.61. The van der Waals surface area contributed by atoms with E-state index in [0.29, 0.717) is 19.4 Å². The zero-order valence-corrected chi connectivity index (χ0v) is 13.9. The Morgan fingerprint density at radius 1 is 1.40 bits per heavy atom. The minimum Gasteiger partial charge on any atom is -0.355 e. The Bertz CT molecular complexity index is 434. The van der Waals surface area contributed by atoms with Crippen LogP contribution < -0.4 is 11.1 Å². The fourth-order valence-electron chi connectivity index (χ4n) is 1.87. The van der Waals surface area contributed by atoms with Gasteiger partial charge in [0.2, 0.25) is 5.91 Å². The van der Waals surface area contributed by atoms with E-state index in [9.17, 15) is 4.79 Å². The molecule has 1 aromatic carbocycles. The Morgan fingerprint density at radius 2 is 2.00 bits per heavy atom. The largest absolute Gasteiger partial charge is 0.355 e. The lowest BCUT2D eigenvalue weighted by molar-refractivity contribution is -0.121. The van der Waals surface area contributed by atoms with E-state index in [0.717, 1.165) is 10.6 Å². The molecule has 0 saturated heterocycles. The number of amides is 1. The number of nitrogens with one attached hydrogen (secondary N) is 1. The van der Waals surface area contributed by atoms with E-state index in [1.54, 1.807) is 0 Å². The van der Waals surface area contributed by atoms with E-state index in [1.165, 1.54) is 0 Å². The van der Waals surface area contributed by atoms with Gasteiger partial charge in [0.15, 0.2) is 0 Å². The van der Waals surface area contributed by atoms with Crippen molar-refractivity contribution in [3.05, 3.63) is 34.9 Å². The third-order valence-corrected chi connectivity index (χ3v) is 3.49. The third-order valence-electron chi connectivity index (χ3n) is 3.16. The molecule has 5 heteroatoms. The summed E-state index contributed by atoms with van der Waals surface area (Å²) in [5.74, 6) is 0.0393. The summed E-state index contributed by atoms with van der Waals surface area (Å²) < 4.78 is 0. The first-order valence-electron chi connectivity index (χ1n) is 6.60. The van der Waals surface area contributed by atoms with Crippen molar-refractivity contribution < 1.29 is 4.79 Å². The molecule has 114 valence electrons. The highest BCUT2D eigenvalue weighted by molar-refractivity contribution is 6.31. The van der Waals surface area contributed by atoms with E-state index in [1.807, 2.05) is 31.2 Å². The molecule has 3 nitrogen and oxygen atoms in total. The van der Waals surface area contributed by atoms with E-state index in [-0.39, 0.29) is 29.8 Å². The van der Waals surface area contributed by atoms with Gasteiger partial charge in [-0.3, -0.25) is 4.79 Å². The molecule has 0 bridgehead atoms. The van der Waals surface area contributed by atoms with Crippen LogP contribution in [0.5, 0.6) is 0 Å². The molecule has 0 aliphatic carbocycles. The molecule has 0 fully saturated rings. The highest BCUT2D eigenvalue weighted by Gasteiger charge is 2.23. The van der Waals surface area contributed by atoms with Crippen molar-refractivity contribution >= 4 is 29.9 Å². The molecule has 3 N–H and O–H groups in total. The smallest absolute Gasteiger partial charge is 0.220 e. The molecule has 1 aromatic rings. The Hall–Kier alpha value is -0.770. The maximum atomic E-state index is 11.7. The number of benzene rings is 1. The molecule has 0 aliphatic rings. The second-order valence-electron chi connectivity index (χ2n) is 5.66. The maximum Gasteiger partial charge on any atom is 0.220 e. The predicted molar refractivity (Wildman–Crippen MR) is 87.6 cm³/mol. The normalized spacial score (nSPS) is 12.4. The highest BCUT2D eigenvalue weighted by Crippen LogP contribution is 2.28. The lowest BCUT2D eigenvalue weighted by Gasteiger charge is -2.26. The van der Waals surface area contributed by atoms with Gasteiger partial charge in [0, 0.05) is 29.4 Å². The third kappa shape index (κ3) is 6.12. The number of nitrogens with two attached hydrogens (primary N) is 1. The number of halogens is 2. The average Bonchev–Trinajstić information content (AvgIpc) is 2.34. The molecule has 0 aliphatic heterocycles. The Morgan fingerprint density at radius 3 is 2.55 bits per heavy atom. The zero-order chi connectivity index (χ0) is 14.5. The van der Waals surface area contributed by atoms with Gasteiger partial charge >= 0.3 is 0 Å². The van der Waals surface area contributed by atoms with Gasteiger partial charge in [-0.15, -0.1) is 12.4 Å². The van der Waals surface area contributed by atoms with Gasteiger partial charge in [0.05, 0.1) is 0 Å². The van der Waals surface area contributed by atoms with Crippen molar-refractivity contribution in [1.82, 2.24) is 5.32 Å². The van der Waals surface area contributed by atoms with Gasteiger partial charge in [0.25, 0.3) is 0 Å². The Kier molecular flexibility index (Phi) is 8.17. The van der Waals surface area contributed by atoms with Crippen LogP contribution >= 0.6 is 24.0 Å². The maximum absolute atomic E-state index is 11.7. The zero-order valence-electron chi connectivity index (χ0n) is 12.3. The lowest BCUT2D eigenvalue weighted by atomic mass is 9.84. The molecule has 0 aromatic heterocycles. The average molecular weight is 319 g/mol. The van der Waals surface area contributed by atoms with Crippen LogP contribution in [-0.4, -0.2) is 18.5 Å². The van der Waals surface area contributed by atoms with Crippen molar-refractivity contribution in [3.8, 4) is 0 Å². The summed E-state index contributed by atoms with van der Waals surface area (Å²) >= 11 is 6.20. The molecule has 1 atom stereocenters. The molecule has 0 heterocycles. The van der Waals surface area contributed by atoms with Gasteiger partial charge < -0.3 is 11.1 Å². The van der Waals surface area contributed by atoms with Crippen LogP contribution in [0, 0.1) is 0 Å². The van der Waals surface area contributed by atoms with Gasteiger partial charge in [-0.05, 0) is 25.0 Å². The predicted octanol–water partition coefficient (Wildman–Crippen LogP) is 3.28. The van der Waals surface area contributed by atoms with Crippen LogP contribution in [0.2, 0.25) is 5.02 Å². The molecule has 0 radical (unpaired) electrons. The van der Waals surface area contributed by atoms with Crippen LogP contribution in [0.1, 0.15) is 39.2 Å². The fraction of sp³-hybridized carbons (Fsp3) is 0.533. The molecule has 1 amide bonds. The van der Waals surface area contributed by atoms with Crippen molar-refractivity contribution in [2.45, 2.75) is 45.1 Å². The number of hydrogen-bond donors (Lipinski definition) is 2. The Labute approximate surface area is 132 Å².